The topological polar surface area (TPSA) is 37.4 Å². The molecule has 1 unspecified atom stereocenters. The number of piperidine rings is 1. The van der Waals surface area contributed by atoms with Crippen molar-refractivity contribution in [3.63, 3.8) is 0 Å². The van der Waals surface area contributed by atoms with Crippen LogP contribution in [-0.2, 0) is 9.59 Å². The van der Waals surface area contributed by atoms with E-state index in [-0.39, 0.29) is 23.5 Å². The maximum absolute atomic E-state index is 11.9. The van der Waals surface area contributed by atoms with Crippen LogP contribution in [0.25, 0.3) is 0 Å². The number of nitrogens with zero attached hydrogens (tertiary/aromatic N) is 1. The Morgan fingerprint density at radius 3 is 2.57 bits per heavy atom. The first-order chi connectivity index (χ1) is 6.70. The third-order valence-corrected chi connectivity index (χ3v) is 3.51. The van der Waals surface area contributed by atoms with Crippen LogP contribution in [-0.4, -0.2) is 30.2 Å². The molecule has 0 spiro atoms. The highest BCUT2D eigenvalue weighted by Gasteiger charge is 2.37. The van der Waals surface area contributed by atoms with Crippen LogP contribution >= 0.6 is 0 Å². The van der Waals surface area contributed by atoms with Crippen LogP contribution in [0, 0.1) is 11.8 Å². The molecule has 0 aromatic rings. The molecule has 0 N–H and O–H groups in total. The van der Waals surface area contributed by atoms with Gasteiger partial charge >= 0.3 is 0 Å². The monoisotopic (exact) mass is 195 g/mol. The fourth-order valence-corrected chi connectivity index (χ4v) is 2.27. The van der Waals surface area contributed by atoms with Gasteiger partial charge in [-0.05, 0) is 25.7 Å². The maximum atomic E-state index is 11.9. The van der Waals surface area contributed by atoms with Crippen LogP contribution in [0.1, 0.15) is 32.1 Å². The van der Waals surface area contributed by atoms with E-state index in [2.05, 4.69) is 0 Å². The lowest BCUT2D eigenvalue weighted by Gasteiger charge is -2.33. The van der Waals surface area contributed by atoms with Crippen molar-refractivity contribution >= 4 is 11.7 Å². The van der Waals surface area contributed by atoms with Crippen molar-refractivity contribution in [3.8, 4) is 0 Å². The molecule has 0 radical (unpaired) electrons. The van der Waals surface area contributed by atoms with Crippen LogP contribution in [0.3, 0.4) is 0 Å². The van der Waals surface area contributed by atoms with Crippen LogP contribution in [0.2, 0.25) is 0 Å². The normalized spacial score (nSPS) is 28.8. The zero-order valence-corrected chi connectivity index (χ0v) is 8.66. The van der Waals surface area contributed by atoms with E-state index < -0.39 is 0 Å². The van der Waals surface area contributed by atoms with Crippen molar-refractivity contribution in [3.05, 3.63) is 0 Å². The average Bonchev–Trinajstić information content (AvgIpc) is 2.06. The summed E-state index contributed by atoms with van der Waals surface area (Å²) in [6.45, 7) is 0.813. The van der Waals surface area contributed by atoms with Gasteiger partial charge < -0.3 is 4.90 Å². The van der Waals surface area contributed by atoms with Gasteiger partial charge in [0.1, 0.15) is 5.78 Å². The molecule has 3 nitrogen and oxygen atoms in total. The molecule has 1 aliphatic carbocycles. The fourth-order valence-electron chi connectivity index (χ4n) is 2.27. The lowest BCUT2D eigenvalue weighted by Crippen LogP contribution is -2.44. The van der Waals surface area contributed by atoms with E-state index in [0.717, 1.165) is 38.6 Å². The highest BCUT2D eigenvalue weighted by atomic mass is 16.2. The van der Waals surface area contributed by atoms with Crippen molar-refractivity contribution in [1.82, 2.24) is 4.90 Å². The van der Waals surface area contributed by atoms with Crippen molar-refractivity contribution in [2.75, 3.05) is 13.6 Å². The van der Waals surface area contributed by atoms with Crippen molar-refractivity contribution in [2.24, 2.45) is 11.8 Å². The Balaban J connectivity index is 2.01. The summed E-state index contributed by atoms with van der Waals surface area (Å²) in [6.07, 6.45) is 4.93. The molecule has 78 valence electrons. The quantitative estimate of drug-likeness (QED) is 0.621. The number of Topliss-reactive ketones (excluding diaryl/α,β-unsaturated/α-hetero) is 1. The van der Waals surface area contributed by atoms with E-state index in [4.69, 9.17) is 0 Å². The average molecular weight is 195 g/mol. The Labute approximate surface area is 84.5 Å². The molecule has 2 aliphatic rings. The largest absolute Gasteiger partial charge is 0.345 e. The lowest BCUT2D eigenvalue weighted by molar-refractivity contribution is -0.145. The zero-order chi connectivity index (χ0) is 10.1. The van der Waals surface area contributed by atoms with Crippen LogP contribution in [0.4, 0.5) is 0 Å². The smallest absolute Gasteiger partial charge is 0.232 e. The molecule has 1 heterocycles. The van der Waals surface area contributed by atoms with Gasteiger partial charge in [0.05, 0.1) is 5.92 Å². The summed E-state index contributed by atoms with van der Waals surface area (Å²) >= 11 is 0. The minimum absolute atomic E-state index is 0.0492. The highest BCUT2D eigenvalue weighted by molar-refractivity contribution is 6.02. The van der Waals surface area contributed by atoms with Crippen molar-refractivity contribution in [2.45, 2.75) is 32.1 Å². The Kier molecular flexibility index (Phi) is 2.57. The first-order valence-electron chi connectivity index (χ1n) is 5.49. The second kappa shape index (κ2) is 3.71. The summed E-state index contributed by atoms with van der Waals surface area (Å²) in [5.41, 5.74) is 0. The predicted octanol–water partition coefficient (Wildman–Crippen LogP) is 1.22. The molecule has 1 saturated heterocycles. The summed E-state index contributed by atoms with van der Waals surface area (Å²) in [5, 5.41) is 0. The molecule has 2 rings (SSSR count). The Hall–Kier alpha value is -0.860. The number of rotatable bonds is 2. The first-order valence-corrected chi connectivity index (χ1v) is 5.49. The highest BCUT2D eigenvalue weighted by Crippen LogP contribution is 2.32. The number of carbonyl (C=O) groups excluding carboxylic acids is 2. The molecular weight excluding hydrogens is 178 g/mol. The Morgan fingerprint density at radius 1 is 1.29 bits per heavy atom. The van der Waals surface area contributed by atoms with E-state index in [1.807, 2.05) is 0 Å². The Morgan fingerprint density at radius 2 is 2.00 bits per heavy atom. The first kappa shape index (κ1) is 9.69. The number of amides is 1. The van der Waals surface area contributed by atoms with E-state index in [0.29, 0.717) is 0 Å². The van der Waals surface area contributed by atoms with Gasteiger partial charge in [-0.2, -0.15) is 0 Å². The van der Waals surface area contributed by atoms with Gasteiger partial charge in [-0.25, -0.2) is 0 Å². The molecule has 0 aromatic carbocycles. The molecule has 1 aliphatic heterocycles. The number of hydrogen-bond acceptors (Lipinski definition) is 2. The summed E-state index contributed by atoms with van der Waals surface area (Å²) in [7, 11) is 1.79. The van der Waals surface area contributed by atoms with E-state index in [9.17, 15) is 9.59 Å². The van der Waals surface area contributed by atoms with Gasteiger partial charge in [-0.15, -0.1) is 0 Å². The molecule has 2 fully saturated rings. The van der Waals surface area contributed by atoms with Gasteiger partial charge in [-0.3, -0.25) is 9.59 Å². The predicted molar refractivity (Wildman–Crippen MR) is 52.7 cm³/mol. The van der Waals surface area contributed by atoms with E-state index in [1.165, 1.54) is 0 Å². The number of ketones is 1. The summed E-state index contributed by atoms with van der Waals surface area (Å²) in [5.74, 6) is 0.162. The molecule has 1 amide bonds. The Bertz CT molecular complexity index is 258. The minimum atomic E-state index is -0.306. The van der Waals surface area contributed by atoms with E-state index >= 15 is 0 Å². The van der Waals surface area contributed by atoms with Gasteiger partial charge in [0.2, 0.25) is 5.91 Å². The SMILES string of the molecule is CN1CCCC(C(=O)C2CCC2)C1=O. The van der Waals surface area contributed by atoms with Crippen LogP contribution in [0.5, 0.6) is 0 Å². The molecule has 1 saturated carbocycles. The minimum Gasteiger partial charge on any atom is -0.345 e. The second-order valence-electron chi connectivity index (χ2n) is 4.48. The summed E-state index contributed by atoms with van der Waals surface area (Å²) in [6, 6.07) is 0. The van der Waals surface area contributed by atoms with Gasteiger partial charge in [0, 0.05) is 19.5 Å². The number of likely N-dealkylation sites (tertiary alicyclic amines) is 1. The standard InChI is InChI=1S/C11H17NO2/c1-12-7-3-6-9(11(12)14)10(13)8-4-2-5-8/h8-9H,2-7H2,1H3. The molecule has 1 atom stereocenters. The van der Waals surface area contributed by atoms with Gasteiger partial charge in [0.15, 0.2) is 0 Å². The maximum Gasteiger partial charge on any atom is 0.232 e. The van der Waals surface area contributed by atoms with Gasteiger partial charge in [-0.1, -0.05) is 6.42 Å². The van der Waals surface area contributed by atoms with Crippen molar-refractivity contribution < 1.29 is 9.59 Å². The van der Waals surface area contributed by atoms with Crippen molar-refractivity contribution in [1.29, 1.82) is 0 Å². The van der Waals surface area contributed by atoms with Crippen LogP contribution in [0.15, 0.2) is 0 Å². The molecular formula is C11H17NO2. The lowest BCUT2D eigenvalue weighted by atomic mass is 9.76. The number of hydrogen-bond donors (Lipinski definition) is 0. The van der Waals surface area contributed by atoms with E-state index in [1.54, 1.807) is 11.9 Å². The fraction of sp³-hybridized carbons (Fsp3) is 0.818. The second-order valence-corrected chi connectivity index (χ2v) is 4.48. The molecule has 3 heteroatoms. The van der Waals surface area contributed by atoms with Gasteiger partial charge in [0.25, 0.3) is 0 Å². The number of carbonyl (C=O) groups is 2. The third-order valence-electron chi connectivity index (χ3n) is 3.51. The third kappa shape index (κ3) is 1.56. The summed E-state index contributed by atoms with van der Waals surface area (Å²) < 4.78 is 0. The molecule has 14 heavy (non-hydrogen) atoms. The summed E-state index contributed by atoms with van der Waals surface area (Å²) in [4.78, 5) is 25.3. The molecule has 0 aromatic heterocycles. The van der Waals surface area contributed by atoms with Crippen LogP contribution < -0.4 is 0 Å². The zero-order valence-electron chi connectivity index (χ0n) is 8.66. The molecule has 0 bridgehead atoms.